The molecule has 0 aliphatic rings. The van der Waals surface area contributed by atoms with Gasteiger partial charge in [-0.05, 0) is 42.5 Å². The van der Waals surface area contributed by atoms with Gasteiger partial charge in [0, 0.05) is 17.3 Å². The van der Waals surface area contributed by atoms with E-state index >= 15 is 0 Å². The summed E-state index contributed by atoms with van der Waals surface area (Å²) in [5.74, 6) is 0.871. The summed E-state index contributed by atoms with van der Waals surface area (Å²) >= 11 is 11.8. The number of hydrogen-bond donors (Lipinski definition) is 2. The molecule has 1 amide bonds. The third-order valence-electron chi connectivity index (χ3n) is 3.55. The molecule has 2 aromatic carbocycles. The number of hydrogen-bond acceptors (Lipinski definition) is 4. The van der Waals surface area contributed by atoms with E-state index in [2.05, 4.69) is 15.6 Å². The van der Waals surface area contributed by atoms with E-state index in [4.69, 9.17) is 27.9 Å². The lowest BCUT2D eigenvalue weighted by atomic mass is 10.2. The van der Waals surface area contributed by atoms with Gasteiger partial charge in [-0.2, -0.15) is 0 Å². The first-order valence-electron chi connectivity index (χ1n) is 7.69. The number of ether oxygens (including phenoxy) is 1. The SMILES string of the molecule is COc1cccc(Nc2ccc(NC(=O)c3ccc(Cl)c(Cl)c3)nc2)c1. The molecule has 2 N–H and O–H groups in total. The first-order valence-corrected chi connectivity index (χ1v) is 8.44. The number of methoxy groups -OCH3 is 1. The minimum absolute atomic E-state index is 0.315. The molecular weight excluding hydrogens is 373 g/mol. The lowest BCUT2D eigenvalue weighted by Crippen LogP contribution is -2.12. The van der Waals surface area contributed by atoms with Gasteiger partial charge in [-0.3, -0.25) is 4.79 Å². The Hall–Kier alpha value is -2.76. The standard InChI is InChI=1S/C19H15Cl2N3O2/c1-26-15-4-2-3-13(10-15)23-14-6-8-18(22-11-14)24-19(25)12-5-7-16(20)17(21)9-12/h2-11,23H,1H3,(H,22,24,25). The highest BCUT2D eigenvalue weighted by Gasteiger charge is 2.09. The molecule has 0 aliphatic heterocycles. The fourth-order valence-corrected chi connectivity index (χ4v) is 2.53. The number of pyridine rings is 1. The number of anilines is 3. The van der Waals surface area contributed by atoms with E-state index in [1.54, 1.807) is 31.5 Å². The molecule has 0 bridgehead atoms. The molecule has 1 aromatic heterocycles. The van der Waals surface area contributed by atoms with E-state index in [9.17, 15) is 4.79 Å². The third-order valence-corrected chi connectivity index (χ3v) is 4.28. The van der Waals surface area contributed by atoms with Crippen LogP contribution in [0, 0.1) is 0 Å². The summed E-state index contributed by atoms with van der Waals surface area (Å²) in [6, 6.07) is 15.8. The smallest absolute Gasteiger partial charge is 0.256 e. The van der Waals surface area contributed by atoms with Gasteiger partial charge in [-0.15, -0.1) is 0 Å². The summed E-state index contributed by atoms with van der Waals surface area (Å²) in [7, 11) is 1.62. The summed E-state index contributed by atoms with van der Waals surface area (Å²) in [6.07, 6.45) is 1.63. The molecule has 0 spiro atoms. The highest BCUT2D eigenvalue weighted by Crippen LogP contribution is 2.24. The average molecular weight is 388 g/mol. The van der Waals surface area contributed by atoms with Gasteiger partial charge in [-0.1, -0.05) is 29.3 Å². The maximum Gasteiger partial charge on any atom is 0.256 e. The number of carbonyl (C=O) groups is 1. The largest absolute Gasteiger partial charge is 0.497 e. The highest BCUT2D eigenvalue weighted by atomic mass is 35.5. The molecule has 3 aromatic rings. The Kier molecular flexibility index (Phi) is 5.61. The molecule has 7 heteroatoms. The number of nitrogens with zero attached hydrogens (tertiary/aromatic N) is 1. The Morgan fingerprint density at radius 1 is 1.00 bits per heavy atom. The molecule has 0 atom stereocenters. The molecule has 26 heavy (non-hydrogen) atoms. The van der Waals surface area contributed by atoms with Crippen molar-refractivity contribution in [1.82, 2.24) is 4.98 Å². The van der Waals surface area contributed by atoms with Crippen LogP contribution in [0.25, 0.3) is 0 Å². The Morgan fingerprint density at radius 2 is 1.85 bits per heavy atom. The number of halogens is 2. The van der Waals surface area contributed by atoms with E-state index in [1.165, 1.54) is 6.07 Å². The quantitative estimate of drug-likeness (QED) is 0.615. The number of nitrogens with one attached hydrogen (secondary N) is 2. The van der Waals surface area contributed by atoms with Crippen LogP contribution in [-0.2, 0) is 0 Å². The summed E-state index contributed by atoms with van der Waals surface area (Å²) in [4.78, 5) is 16.5. The average Bonchev–Trinajstić information content (AvgIpc) is 2.65. The summed E-state index contributed by atoms with van der Waals surface area (Å²) in [6.45, 7) is 0. The second-order valence-corrected chi connectivity index (χ2v) is 6.19. The maximum absolute atomic E-state index is 12.2. The predicted molar refractivity (Wildman–Crippen MR) is 105 cm³/mol. The number of carbonyl (C=O) groups excluding carboxylic acids is 1. The molecule has 5 nitrogen and oxygen atoms in total. The van der Waals surface area contributed by atoms with Gasteiger partial charge in [0.2, 0.25) is 0 Å². The van der Waals surface area contributed by atoms with Crippen LogP contribution in [0.3, 0.4) is 0 Å². The van der Waals surface area contributed by atoms with Crippen LogP contribution in [0.2, 0.25) is 10.0 Å². The number of amides is 1. The normalized spacial score (nSPS) is 10.3. The molecule has 0 radical (unpaired) electrons. The molecular formula is C19H15Cl2N3O2. The van der Waals surface area contributed by atoms with Gasteiger partial charge in [-0.25, -0.2) is 4.98 Å². The number of benzene rings is 2. The van der Waals surface area contributed by atoms with Crippen molar-refractivity contribution in [2.45, 2.75) is 0 Å². The Bertz CT molecular complexity index is 930. The Morgan fingerprint density at radius 3 is 2.54 bits per heavy atom. The maximum atomic E-state index is 12.2. The fraction of sp³-hybridized carbons (Fsp3) is 0.0526. The monoisotopic (exact) mass is 387 g/mol. The summed E-state index contributed by atoms with van der Waals surface area (Å²) in [5.41, 5.74) is 2.06. The topological polar surface area (TPSA) is 63.2 Å². The number of rotatable bonds is 5. The van der Waals surface area contributed by atoms with Crippen molar-refractivity contribution in [1.29, 1.82) is 0 Å². The van der Waals surface area contributed by atoms with Crippen molar-refractivity contribution in [2.24, 2.45) is 0 Å². The van der Waals surface area contributed by atoms with Crippen molar-refractivity contribution < 1.29 is 9.53 Å². The van der Waals surface area contributed by atoms with Crippen molar-refractivity contribution in [3.05, 3.63) is 76.4 Å². The first kappa shape index (κ1) is 18.0. The lowest BCUT2D eigenvalue weighted by Gasteiger charge is -2.09. The van der Waals surface area contributed by atoms with E-state index in [1.807, 2.05) is 30.3 Å². The minimum atomic E-state index is -0.315. The number of aromatic nitrogens is 1. The fourth-order valence-electron chi connectivity index (χ4n) is 2.24. The molecule has 132 valence electrons. The van der Waals surface area contributed by atoms with E-state index < -0.39 is 0 Å². The predicted octanol–water partition coefficient (Wildman–Crippen LogP) is 5.39. The van der Waals surface area contributed by atoms with Crippen LogP contribution in [0.15, 0.2) is 60.8 Å². The van der Waals surface area contributed by atoms with Gasteiger partial charge in [0.15, 0.2) is 0 Å². The van der Waals surface area contributed by atoms with E-state index in [0.717, 1.165) is 17.1 Å². The zero-order valence-electron chi connectivity index (χ0n) is 13.8. The Balaban J connectivity index is 1.67. The van der Waals surface area contributed by atoms with Crippen LogP contribution in [-0.4, -0.2) is 18.0 Å². The second kappa shape index (κ2) is 8.08. The molecule has 0 aliphatic carbocycles. The van der Waals surface area contributed by atoms with Gasteiger partial charge in [0.05, 0.1) is 29.0 Å². The molecule has 0 unspecified atom stereocenters. The van der Waals surface area contributed by atoms with E-state index in [-0.39, 0.29) is 5.91 Å². The third kappa shape index (κ3) is 4.45. The molecule has 0 saturated heterocycles. The molecule has 1 heterocycles. The second-order valence-electron chi connectivity index (χ2n) is 5.37. The van der Waals surface area contributed by atoms with Crippen molar-refractivity contribution >= 4 is 46.3 Å². The van der Waals surface area contributed by atoms with Crippen LogP contribution in [0.1, 0.15) is 10.4 Å². The zero-order valence-corrected chi connectivity index (χ0v) is 15.3. The summed E-state index contributed by atoms with van der Waals surface area (Å²) < 4.78 is 5.19. The van der Waals surface area contributed by atoms with Crippen molar-refractivity contribution in [3.8, 4) is 5.75 Å². The van der Waals surface area contributed by atoms with Crippen LogP contribution in [0.5, 0.6) is 5.75 Å². The van der Waals surface area contributed by atoms with Crippen LogP contribution in [0.4, 0.5) is 17.2 Å². The zero-order chi connectivity index (χ0) is 18.5. The van der Waals surface area contributed by atoms with Gasteiger partial charge < -0.3 is 15.4 Å². The first-order chi connectivity index (χ1) is 12.5. The minimum Gasteiger partial charge on any atom is -0.497 e. The van der Waals surface area contributed by atoms with Crippen molar-refractivity contribution in [3.63, 3.8) is 0 Å². The van der Waals surface area contributed by atoms with Crippen molar-refractivity contribution in [2.75, 3.05) is 17.7 Å². The molecule has 0 fully saturated rings. The Labute approximate surface area is 160 Å². The summed E-state index contributed by atoms with van der Waals surface area (Å²) in [5, 5.41) is 6.65. The molecule has 3 rings (SSSR count). The van der Waals surface area contributed by atoms with Gasteiger partial charge >= 0.3 is 0 Å². The molecule has 0 saturated carbocycles. The van der Waals surface area contributed by atoms with E-state index in [0.29, 0.717) is 21.4 Å². The van der Waals surface area contributed by atoms with Crippen LogP contribution < -0.4 is 15.4 Å². The van der Waals surface area contributed by atoms with Crippen LogP contribution >= 0.6 is 23.2 Å². The highest BCUT2D eigenvalue weighted by molar-refractivity contribution is 6.42. The lowest BCUT2D eigenvalue weighted by molar-refractivity contribution is 0.102. The van der Waals surface area contributed by atoms with Gasteiger partial charge in [0.1, 0.15) is 11.6 Å². The van der Waals surface area contributed by atoms with Gasteiger partial charge in [0.25, 0.3) is 5.91 Å².